The van der Waals surface area contributed by atoms with Gasteiger partial charge in [0.25, 0.3) is 0 Å². The highest BCUT2D eigenvalue weighted by Crippen LogP contribution is 2.19. The Morgan fingerprint density at radius 3 is 2.50 bits per heavy atom. The van der Waals surface area contributed by atoms with Gasteiger partial charge in [0.05, 0.1) is 0 Å². The minimum Gasteiger partial charge on any atom is -0.299 e. The van der Waals surface area contributed by atoms with E-state index in [1.54, 1.807) is 6.92 Å². The van der Waals surface area contributed by atoms with E-state index in [9.17, 15) is 14.4 Å². The molecule has 1 aliphatic rings. The molecule has 1 aliphatic heterocycles. The molecule has 0 spiro atoms. The van der Waals surface area contributed by atoms with Crippen LogP contribution >= 0.6 is 0 Å². The summed E-state index contributed by atoms with van der Waals surface area (Å²) in [5, 5.41) is 0. The average molecular weight is 169 g/mol. The van der Waals surface area contributed by atoms with E-state index < -0.39 is 5.92 Å². The number of hydrogen-bond acceptors (Lipinski definition) is 3. The lowest BCUT2D eigenvalue weighted by atomic mass is 10.0. The first-order valence-electron chi connectivity index (χ1n) is 3.91. The highest BCUT2D eigenvalue weighted by Gasteiger charge is 2.39. The van der Waals surface area contributed by atoms with Crippen molar-refractivity contribution in [3.63, 3.8) is 0 Å². The molecule has 1 heterocycles. The van der Waals surface area contributed by atoms with Crippen molar-refractivity contribution in [3.8, 4) is 0 Å². The zero-order chi connectivity index (χ0) is 9.30. The summed E-state index contributed by atoms with van der Waals surface area (Å²) in [6.07, 6.45) is 0.375. The number of hydrogen-bond donors (Lipinski definition) is 0. The topological polar surface area (TPSA) is 54.5 Å². The standard InChI is InChI=1S/C8H11NO3/c1-3-6(10)5-4-7(11)9(2)8(5)12/h5H,3-4H2,1-2H3. The van der Waals surface area contributed by atoms with E-state index in [-0.39, 0.29) is 24.0 Å². The second-order valence-electron chi connectivity index (χ2n) is 2.87. The number of amides is 2. The van der Waals surface area contributed by atoms with Gasteiger partial charge in [-0.3, -0.25) is 19.3 Å². The Kier molecular flexibility index (Phi) is 2.26. The summed E-state index contributed by atoms with van der Waals surface area (Å²) < 4.78 is 0. The van der Waals surface area contributed by atoms with Gasteiger partial charge in [0.2, 0.25) is 11.8 Å². The van der Waals surface area contributed by atoms with Gasteiger partial charge in [-0.2, -0.15) is 0 Å². The van der Waals surface area contributed by atoms with Gasteiger partial charge < -0.3 is 0 Å². The van der Waals surface area contributed by atoms with E-state index in [4.69, 9.17) is 0 Å². The van der Waals surface area contributed by atoms with Gasteiger partial charge in [0, 0.05) is 19.9 Å². The molecule has 4 nitrogen and oxygen atoms in total. The molecule has 1 fully saturated rings. The molecule has 0 aromatic heterocycles. The van der Waals surface area contributed by atoms with Crippen LogP contribution in [0.4, 0.5) is 0 Å². The van der Waals surface area contributed by atoms with E-state index in [1.165, 1.54) is 7.05 Å². The number of carbonyl (C=O) groups is 3. The normalized spacial score (nSPS) is 23.5. The van der Waals surface area contributed by atoms with Crippen molar-refractivity contribution >= 4 is 17.6 Å². The van der Waals surface area contributed by atoms with Gasteiger partial charge in [-0.25, -0.2) is 0 Å². The second kappa shape index (κ2) is 3.05. The first kappa shape index (κ1) is 8.90. The predicted molar refractivity (Wildman–Crippen MR) is 41.2 cm³/mol. The number of ketones is 1. The first-order chi connectivity index (χ1) is 5.57. The second-order valence-corrected chi connectivity index (χ2v) is 2.87. The summed E-state index contributed by atoms with van der Waals surface area (Å²) in [6.45, 7) is 1.69. The average Bonchev–Trinajstić information content (AvgIpc) is 2.32. The molecule has 66 valence electrons. The van der Waals surface area contributed by atoms with Gasteiger partial charge in [0.15, 0.2) is 0 Å². The summed E-state index contributed by atoms with van der Waals surface area (Å²) in [5.74, 6) is -1.45. The molecular formula is C8H11NO3. The van der Waals surface area contributed by atoms with Crippen molar-refractivity contribution in [2.45, 2.75) is 19.8 Å². The van der Waals surface area contributed by atoms with Crippen LogP contribution in [-0.2, 0) is 14.4 Å². The van der Waals surface area contributed by atoms with Crippen molar-refractivity contribution in [2.24, 2.45) is 5.92 Å². The minimum atomic E-state index is -0.701. The van der Waals surface area contributed by atoms with Crippen LogP contribution in [0.25, 0.3) is 0 Å². The summed E-state index contributed by atoms with van der Waals surface area (Å²) in [7, 11) is 1.41. The van der Waals surface area contributed by atoms with Crippen molar-refractivity contribution < 1.29 is 14.4 Å². The molecule has 1 unspecified atom stereocenters. The molecule has 0 saturated carbocycles. The number of rotatable bonds is 2. The van der Waals surface area contributed by atoms with E-state index in [1.807, 2.05) is 0 Å². The third-order valence-electron chi connectivity index (χ3n) is 2.12. The third-order valence-corrected chi connectivity index (χ3v) is 2.12. The number of nitrogens with zero attached hydrogens (tertiary/aromatic N) is 1. The number of likely N-dealkylation sites (tertiary alicyclic amines) is 1. The third kappa shape index (κ3) is 1.24. The highest BCUT2D eigenvalue weighted by atomic mass is 16.2. The highest BCUT2D eigenvalue weighted by molar-refractivity contribution is 6.13. The summed E-state index contributed by atoms with van der Waals surface area (Å²) in [4.78, 5) is 34.3. The molecule has 0 aromatic rings. The van der Waals surface area contributed by atoms with E-state index in [0.717, 1.165) is 4.90 Å². The lowest BCUT2D eigenvalue weighted by Gasteiger charge is -2.05. The fraction of sp³-hybridized carbons (Fsp3) is 0.625. The molecular weight excluding hydrogens is 158 g/mol. The number of imide groups is 1. The summed E-state index contributed by atoms with van der Waals surface area (Å²) in [6, 6.07) is 0. The van der Waals surface area contributed by atoms with E-state index >= 15 is 0 Å². The Morgan fingerprint density at radius 2 is 2.17 bits per heavy atom. The van der Waals surface area contributed by atoms with Gasteiger partial charge in [-0.1, -0.05) is 6.92 Å². The van der Waals surface area contributed by atoms with Crippen molar-refractivity contribution in [3.05, 3.63) is 0 Å². The van der Waals surface area contributed by atoms with Gasteiger partial charge in [-0.15, -0.1) is 0 Å². The molecule has 2 amide bonds. The molecule has 0 aliphatic carbocycles. The Hall–Kier alpha value is -1.19. The van der Waals surface area contributed by atoms with Crippen LogP contribution in [0.15, 0.2) is 0 Å². The van der Waals surface area contributed by atoms with Crippen molar-refractivity contribution in [1.82, 2.24) is 4.90 Å². The zero-order valence-electron chi connectivity index (χ0n) is 7.16. The Bertz CT molecular complexity index is 247. The lowest BCUT2D eigenvalue weighted by molar-refractivity contribution is -0.139. The minimum absolute atomic E-state index is 0.0575. The molecule has 0 radical (unpaired) electrons. The van der Waals surface area contributed by atoms with Crippen molar-refractivity contribution in [1.29, 1.82) is 0 Å². The van der Waals surface area contributed by atoms with Gasteiger partial charge in [0.1, 0.15) is 11.7 Å². The Balaban J connectivity index is 2.78. The first-order valence-corrected chi connectivity index (χ1v) is 3.91. The zero-order valence-corrected chi connectivity index (χ0v) is 7.16. The van der Waals surface area contributed by atoms with Crippen LogP contribution in [0.1, 0.15) is 19.8 Å². The quantitative estimate of drug-likeness (QED) is 0.431. The molecule has 12 heavy (non-hydrogen) atoms. The van der Waals surface area contributed by atoms with E-state index in [2.05, 4.69) is 0 Å². The fourth-order valence-corrected chi connectivity index (χ4v) is 1.25. The van der Waals surface area contributed by atoms with Crippen LogP contribution < -0.4 is 0 Å². The molecule has 1 rings (SSSR count). The largest absolute Gasteiger partial charge is 0.299 e. The van der Waals surface area contributed by atoms with E-state index in [0.29, 0.717) is 6.42 Å². The maximum absolute atomic E-state index is 11.2. The molecule has 1 saturated heterocycles. The monoisotopic (exact) mass is 169 g/mol. The molecule has 4 heteroatoms. The van der Waals surface area contributed by atoms with Gasteiger partial charge >= 0.3 is 0 Å². The van der Waals surface area contributed by atoms with Crippen LogP contribution in [0.2, 0.25) is 0 Å². The molecule has 0 aromatic carbocycles. The van der Waals surface area contributed by atoms with Crippen LogP contribution in [-0.4, -0.2) is 29.5 Å². The SMILES string of the molecule is CCC(=O)C1CC(=O)N(C)C1=O. The summed E-state index contributed by atoms with van der Waals surface area (Å²) in [5.41, 5.74) is 0. The number of carbonyl (C=O) groups excluding carboxylic acids is 3. The van der Waals surface area contributed by atoms with Crippen molar-refractivity contribution in [2.75, 3.05) is 7.05 Å². The number of Topliss-reactive ketones (excluding diaryl/α,β-unsaturated/α-hetero) is 1. The maximum atomic E-state index is 11.2. The van der Waals surface area contributed by atoms with Gasteiger partial charge in [-0.05, 0) is 0 Å². The molecule has 1 atom stereocenters. The van der Waals surface area contributed by atoms with Crippen LogP contribution in [0.5, 0.6) is 0 Å². The Labute approximate surface area is 70.5 Å². The summed E-state index contributed by atoms with van der Waals surface area (Å²) >= 11 is 0. The molecule has 0 bridgehead atoms. The van der Waals surface area contributed by atoms with Crippen LogP contribution in [0.3, 0.4) is 0 Å². The fourth-order valence-electron chi connectivity index (χ4n) is 1.25. The smallest absolute Gasteiger partial charge is 0.240 e. The molecule has 0 N–H and O–H groups in total. The van der Waals surface area contributed by atoms with Crippen LogP contribution in [0, 0.1) is 5.92 Å². The maximum Gasteiger partial charge on any atom is 0.240 e. The predicted octanol–water partition coefficient (Wildman–Crippen LogP) is -0.0296. The lowest BCUT2D eigenvalue weighted by Crippen LogP contribution is -2.28. The Morgan fingerprint density at radius 1 is 1.58 bits per heavy atom.